The van der Waals surface area contributed by atoms with Crippen LogP contribution in [0.5, 0.6) is 0 Å². The number of nitriles is 1. The molecule has 2 heterocycles. The molecular weight excluding hydrogens is 407 g/mol. The Morgan fingerprint density at radius 1 is 1.22 bits per heavy atom. The van der Waals surface area contributed by atoms with Gasteiger partial charge in [0.25, 0.3) is 0 Å². The van der Waals surface area contributed by atoms with Crippen LogP contribution in [0.2, 0.25) is 0 Å². The van der Waals surface area contributed by atoms with Crippen molar-refractivity contribution in [3.05, 3.63) is 65.5 Å². The van der Waals surface area contributed by atoms with Crippen molar-refractivity contribution in [3.63, 3.8) is 0 Å². The quantitative estimate of drug-likeness (QED) is 0.650. The smallest absolute Gasteiger partial charge is 0.229 e. The zero-order chi connectivity index (χ0) is 22.7. The highest BCUT2D eigenvalue weighted by Crippen LogP contribution is 2.28. The number of aryl methyl sites for hydroxylation is 1. The van der Waals surface area contributed by atoms with Crippen LogP contribution in [0.4, 0.5) is 21.8 Å². The van der Waals surface area contributed by atoms with E-state index in [2.05, 4.69) is 15.3 Å². The maximum Gasteiger partial charge on any atom is 0.229 e. The number of hydrogen-bond acceptors (Lipinski definition) is 6. The van der Waals surface area contributed by atoms with E-state index >= 15 is 0 Å². The van der Waals surface area contributed by atoms with Crippen molar-refractivity contribution in [1.82, 2.24) is 9.97 Å². The summed E-state index contributed by atoms with van der Waals surface area (Å²) in [5.41, 5.74) is 8.76. The van der Waals surface area contributed by atoms with E-state index in [-0.39, 0.29) is 23.3 Å². The van der Waals surface area contributed by atoms with E-state index in [0.29, 0.717) is 23.6 Å². The summed E-state index contributed by atoms with van der Waals surface area (Å²) in [5, 5.41) is 11.9. The molecule has 1 saturated heterocycles. The van der Waals surface area contributed by atoms with E-state index in [1.54, 1.807) is 18.2 Å². The van der Waals surface area contributed by atoms with Crippen LogP contribution in [0.3, 0.4) is 0 Å². The van der Waals surface area contributed by atoms with Crippen molar-refractivity contribution >= 4 is 23.4 Å². The Hall–Kier alpha value is -3.99. The lowest BCUT2D eigenvalue weighted by atomic mass is 9.97. The second-order valence-corrected chi connectivity index (χ2v) is 7.92. The summed E-state index contributed by atoms with van der Waals surface area (Å²) in [6.07, 6.45) is 1.61. The highest BCUT2D eigenvalue weighted by molar-refractivity contribution is 5.93. The predicted molar refractivity (Wildman–Crippen MR) is 121 cm³/mol. The maximum absolute atomic E-state index is 14.1. The first-order valence-corrected chi connectivity index (χ1v) is 10.4. The Balaban J connectivity index is 1.53. The predicted octanol–water partition coefficient (Wildman–Crippen LogP) is 3.90. The lowest BCUT2D eigenvalue weighted by molar-refractivity contribution is -0.120. The number of amides is 1. The third-order valence-electron chi connectivity index (χ3n) is 5.55. The molecule has 0 radical (unpaired) electrons. The highest BCUT2D eigenvalue weighted by Gasteiger charge is 2.27. The first-order chi connectivity index (χ1) is 15.4. The van der Waals surface area contributed by atoms with Crippen LogP contribution in [0.15, 0.2) is 48.5 Å². The van der Waals surface area contributed by atoms with E-state index < -0.39 is 5.82 Å². The number of benzene rings is 2. The van der Waals surface area contributed by atoms with Crippen LogP contribution in [0, 0.1) is 30.0 Å². The Kier molecular flexibility index (Phi) is 5.99. The van der Waals surface area contributed by atoms with Crippen molar-refractivity contribution in [2.75, 3.05) is 29.0 Å². The Morgan fingerprint density at radius 2 is 2.00 bits per heavy atom. The molecule has 7 nitrogen and oxygen atoms in total. The van der Waals surface area contributed by atoms with Crippen LogP contribution in [-0.2, 0) is 4.79 Å². The fraction of sp³-hybridized carbons (Fsp3) is 0.250. The number of nitrogen functional groups attached to an aromatic ring is 1. The molecule has 3 aromatic rings. The van der Waals surface area contributed by atoms with Gasteiger partial charge in [-0.2, -0.15) is 10.2 Å². The fourth-order valence-corrected chi connectivity index (χ4v) is 3.81. The number of carbonyl (C=O) groups is 1. The summed E-state index contributed by atoms with van der Waals surface area (Å²) in [7, 11) is 0. The molecule has 0 spiro atoms. The molecule has 2 aromatic carbocycles. The van der Waals surface area contributed by atoms with Crippen LogP contribution in [0.25, 0.3) is 11.3 Å². The lowest BCUT2D eigenvalue weighted by Gasteiger charge is -2.33. The molecule has 4 rings (SSSR count). The maximum atomic E-state index is 14.1. The van der Waals surface area contributed by atoms with Gasteiger partial charge in [0.2, 0.25) is 11.9 Å². The number of halogens is 1. The molecule has 162 valence electrons. The molecule has 3 N–H and O–H groups in total. The number of nitrogens with one attached hydrogen (secondary N) is 1. The summed E-state index contributed by atoms with van der Waals surface area (Å²) in [4.78, 5) is 23.4. The Labute approximate surface area is 185 Å². The minimum absolute atomic E-state index is 0.0324. The number of nitrogens with zero attached hydrogens (tertiary/aromatic N) is 4. The normalized spacial score (nSPS) is 15.8. The zero-order valence-corrected chi connectivity index (χ0v) is 17.7. The number of carbonyl (C=O) groups excluding carboxylic acids is 1. The van der Waals surface area contributed by atoms with Gasteiger partial charge in [0.1, 0.15) is 17.7 Å². The van der Waals surface area contributed by atoms with E-state index in [9.17, 15) is 9.18 Å². The summed E-state index contributed by atoms with van der Waals surface area (Å²) in [5.74, 6) is -0.194. The molecule has 1 aromatic heterocycles. The molecule has 0 bridgehead atoms. The standard InChI is InChI=1S/C24H23FN6O/c1-15-4-8-19(9-5-15)28-23(32)18-3-2-10-31(14-18)22-12-21(29-24(27)30-22)16-6-7-17(13-26)20(25)11-16/h4-9,11-12,18H,2-3,10,14H2,1H3,(H,28,32)(H2,27,29,30). The average Bonchev–Trinajstić information content (AvgIpc) is 2.80. The molecule has 1 amide bonds. The number of piperidine rings is 1. The summed E-state index contributed by atoms with van der Waals surface area (Å²) < 4.78 is 14.1. The molecular formula is C24H23FN6O. The highest BCUT2D eigenvalue weighted by atomic mass is 19.1. The largest absolute Gasteiger partial charge is 0.368 e. The van der Waals surface area contributed by atoms with Crippen molar-refractivity contribution in [2.45, 2.75) is 19.8 Å². The zero-order valence-electron chi connectivity index (χ0n) is 17.7. The van der Waals surface area contributed by atoms with E-state index in [0.717, 1.165) is 30.6 Å². The third kappa shape index (κ3) is 4.67. The summed E-state index contributed by atoms with van der Waals surface area (Å²) >= 11 is 0. The van der Waals surface area contributed by atoms with E-state index in [4.69, 9.17) is 11.0 Å². The molecule has 32 heavy (non-hydrogen) atoms. The fourth-order valence-electron chi connectivity index (χ4n) is 3.81. The second kappa shape index (κ2) is 9.02. The minimum atomic E-state index is -0.616. The summed E-state index contributed by atoms with van der Waals surface area (Å²) in [6.45, 7) is 3.22. The van der Waals surface area contributed by atoms with Gasteiger partial charge in [0.15, 0.2) is 0 Å². The first kappa shape index (κ1) is 21.2. The van der Waals surface area contributed by atoms with Crippen molar-refractivity contribution in [3.8, 4) is 17.3 Å². The van der Waals surface area contributed by atoms with Crippen molar-refractivity contribution in [1.29, 1.82) is 5.26 Å². The van der Waals surface area contributed by atoms with Gasteiger partial charge in [-0.3, -0.25) is 4.79 Å². The van der Waals surface area contributed by atoms with E-state index in [1.807, 2.05) is 36.1 Å². The number of anilines is 3. The Morgan fingerprint density at radius 3 is 2.72 bits per heavy atom. The number of nitrogens with two attached hydrogens (primary N) is 1. The summed E-state index contributed by atoms with van der Waals surface area (Å²) in [6, 6.07) is 15.5. The van der Waals surface area contributed by atoms with Crippen LogP contribution in [0.1, 0.15) is 24.0 Å². The number of hydrogen-bond donors (Lipinski definition) is 2. The van der Waals surface area contributed by atoms with Gasteiger partial charge >= 0.3 is 0 Å². The van der Waals surface area contributed by atoms with Crippen LogP contribution >= 0.6 is 0 Å². The van der Waals surface area contributed by atoms with Gasteiger partial charge in [-0.1, -0.05) is 23.8 Å². The Bertz CT molecular complexity index is 1190. The number of aromatic nitrogens is 2. The molecule has 1 aliphatic heterocycles. The second-order valence-electron chi connectivity index (χ2n) is 7.92. The monoisotopic (exact) mass is 430 g/mol. The van der Waals surface area contributed by atoms with Gasteiger partial charge in [-0.05, 0) is 44.0 Å². The van der Waals surface area contributed by atoms with Gasteiger partial charge < -0.3 is 16.0 Å². The first-order valence-electron chi connectivity index (χ1n) is 10.4. The van der Waals surface area contributed by atoms with Gasteiger partial charge in [-0.15, -0.1) is 0 Å². The van der Waals surface area contributed by atoms with Gasteiger partial charge in [0.05, 0.1) is 17.2 Å². The van der Waals surface area contributed by atoms with Crippen LogP contribution in [-0.4, -0.2) is 29.0 Å². The molecule has 1 aliphatic rings. The SMILES string of the molecule is Cc1ccc(NC(=O)C2CCCN(c3cc(-c4ccc(C#N)c(F)c4)nc(N)n3)C2)cc1. The molecule has 1 fully saturated rings. The topological polar surface area (TPSA) is 108 Å². The van der Waals surface area contributed by atoms with Crippen molar-refractivity contribution in [2.24, 2.45) is 5.92 Å². The van der Waals surface area contributed by atoms with E-state index in [1.165, 1.54) is 12.1 Å². The van der Waals surface area contributed by atoms with Crippen molar-refractivity contribution < 1.29 is 9.18 Å². The molecule has 8 heteroatoms. The van der Waals surface area contributed by atoms with Gasteiger partial charge in [0, 0.05) is 30.4 Å². The number of rotatable bonds is 4. The molecule has 1 unspecified atom stereocenters. The lowest BCUT2D eigenvalue weighted by Crippen LogP contribution is -2.41. The average molecular weight is 430 g/mol. The minimum Gasteiger partial charge on any atom is -0.368 e. The van der Waals surface area contributed by atoms with Gasteiger partial charge in [-0.25, -0.2) is 9.37 Å². The van der Waals surface area contributed by atoms with Crippen LogP contribution < -0.4 is 16.0 Å². The molecule has 1 atom stereocenters. The molecule has 0 saturated carbocycles. The molecule has 0 aliphatic carbocycles. The third-order valence-corrected chi connectivity index (χ3v) is 5.55.